The third kappa shape index (κ3) is 3.77. The van der Waals surface area contributed by atoms with Gasteiger partial charge in [0, 0.05) is 25.7 Å². The number of anilines is 1. The van der Waals surface area contributed by atoms with E-state index in [0.29, 0.717) is 6.42 Å². The summed E-state index contributed by atoms with van der Waals surface area (Å²) < 4.78 is 5.30. The molecule has 3 heteroatoms. The first-order chi connectivity index (χ1) is 8.08. The van der Waals surface area contributed by atoms with E-state index >= 15 is 0 Å². The predicted octanol–water partition coefficient (Wildman–Crippen LogP) is 2.67. The summed E-state index contributed by atoms with van der Waals surface area (Å²) in [6, 6.07) is 6.13. The number of ketones is 1. The van der Waals surface area contributed by atoms with Gasteiger partial charge in [-0.25, -0.2) is 0 Å². The Morgan fingerprint density at radius 1 is 1.41 bits per heavy atom. The highest BCUT2D eigenvalue weighted by atomic mass is 16.5. The van der Waals surface area contributed by atoms with Crippen LogP contribution in [0.3, 0.4) is 0 Å². The molecule has 1 aromatic carbocycles. The van der Waals surface area contributed by atoms with Crippen molar-refractivity contribution >= 4 is 11.5 Å². The van der Waals surface area contributed by atoms with Gasteiger partial charge in [-0.3, -0.25) is 4.79 Å². The van der Waals surface area contributed by atoms with Gasteiger partial charge in [-0.2, -0.15) is 0 Å². The minimum absolute atomic E-state index is 0.223. The van der Waals surface area contributed by atoms with E-state index in [1.165, 1.54) is 5.56 Å². The van der Waals surface area contributed by atoms with Gasteiger partial charge in [0.05, 0.1) is 7.11 Å². The number of carbonyl (C=O) groups excluding carboxylic acids is 1. The van der Waals surface area contributed by atoms with E-state index in [4.69, 9.17) is 4.74 Å². The Labute approximate surface area is 103 Å². The fraction of sp³-hybridized carbons (Fsp3) is 0.500. The Bertz CT molecular complexity index is 388. The minimum Gasteiger partial charge on any atom is -0.496 e. The Balaban J connectivity index is 2.80. The van der Waals surface area contributed by atoms with Gasteiger partial charge in [-0.1, -0.05) is 6.92 Å². The quantitative estimate of drug-likeness (QED) is 0.759. The monoisotopic (exact) mass is 235 g/mol. The number of hydrogen-bond donors (Lipinski definition) is 0. The van der Waals surface area contributed by atoms with E-state index in [-0.39, 0.29) is 5.78 Å². The third-order valence-electron chi connectivity index (χ3n) is 2.88. The molecule has 0 aliphatic rings. The molecule has 0 radical (unpaired) electrons. The molecule has 0 amide bonds. The van der Waals surface area contributed by atoms with Crippen LogP contribution in [0.5, 0.6) is 5.75 Å². The molecule has 0 spiro atoms. The molecule has 0 aliphatic carbocycles. The maximum atomic E-state index is 11.0. The minimum atomic E-state index is 0.223. The van der Waals surface area contributed by atoms with Crippen LogP contribution in [0.2, 0.25) is 0 Å². The van der Waals surface area contributed by atoms with Gasteiger partial charge in [0.2, 0.25) is 0 Å². The molecular weight excluding hydrogens is 214 g/mol. The standard InChI is InChI=1S/C14H21NO2/c1-5-12-10-13(6-7-14(12)17-4)15(3)9-8-11(2)16/h6-7,10H,5,8-9H2,1-4H3. The van der Waals surface area contributed by atoms with Gasteiger partial charge in [0.1, 0.15) is 11.5 Å². The zero-order valence-electron chi connectivity index (χ0n) is 11.1. The highest BCUT2D eigenvalue weighted by Crippen LogP contribution is 2.24. The lowest BCUT2D eigenvalue weighted by molar-refractivity contribution is -0.116. The van der Waals surface area contributed by atoms with Crippen LogP contribution in [0.15, 0.2) is 18.2 Å². The molecule has 0 aromatic heterocycles. The number of rotatable bonds is 6. The molecule has 0 heterocycles. The lowest BCUT2D eigenvalue weighted by Gasteiger charge is -2.20. The molecule has 3 nitrogen and oxygen atoms in total. The lowest BCUT2D eigenvalue weighted by atomic mass is 10.1. The van der Waals surface area contributed by atoms with Gasteiger partial charge in [0.15, 0.2) is 0 Å². The molecule has 0 bridgehead atoms. The summed E-state index contributed by atoms with van der Waals surface area (Å²) in [4.78, 5) is 13.1. The van der Waals surface area contributed by atoms with Gasteiger partial charge in [-0.15, -0.1) is 0 Å². The average Bonchev–Trinajstić information content (AvgIpc) is 2.34. The van der Waals surface area contributed by atoms with Crippen LogP contribution in [0.25, 0.3) is 0 Å². The number of methoxy groups -OCH3 is 1. The molecule has 0 saturated carbocycles. The Morgan fingerprint density at radius 2 is 2.12 bits per heavy atom. The summed E-state index contributed by atoms with van der Waals surface area (Å²) in [5.41, 5.74) is 2.32. The first-order valence-corrected chi connectivity index (χ1v) is 5.96. The Morgan fingerprint density at radius 3 is 2.65 bits per heavy atom. The van der Waals surface area contributed by atoms with Crippen molar-refractivity contribution in [2.45, 2.75) is 26.7 Å². The fourth-order valence-electron chi connectivity index (χ4n) is 1.73. The summed E-state index contributed by atoms with van der Waals surface area (Å²) in [7, 11) is 3.69. The van der Waals surface area contributed by atoms with Crippen molar-refractivity contribution in [3.63, 3.8) is 0 Å². The van der Waals surface area contributed by atoms with E-state index in [9.17, 15) is 4.79 Å². The van der Waals surface area contributed by atoms with Gasteiger partial charge >= 0.3 is 0 Å². The smallest absolute Gasteiger partial charge is 0.131 e. The van der Waals surface area contributed by atoms with Gasteiger partial charge in [-0.05, 0) is 37.1 Å². The summed E-state index contributed by atoms with van der Waals surface area (Å²) >= 11 is 0. The van der Waals surface area contributed by atoms with Crippen molar-refractivity contribution in [1.29, 1.82) is 0 Å². The Hall–Kier alpha value is -1.51. The fourth-order valence-corrected chi connectivity index (χ4v) is 1.73. The summed E-state index contributed by atoms with van der Waals surface area (Å²) in [6.07, 6.45) is 1.53. The molecular formula is C14H21NO2. The predicted molar refractivity (Wildman–Crippen MR) is 70.9 cm³/mol. The first-order valence-electron chi connectivity index (χ1n) is 5.96. The topological polar surface area (TPSA) is 29.5 Å². The van der Waals surface area contributed by atoms with Crippen LogP contribution in [0.1, 0.15) is 25.8 Å². The van der Waals surface area contributed by atoms with Gasteiger partial charge in [0.25, 0.3) is 0 Å². The van der Waals surface area contributed by atoms with E-state index in [1.807, 2.05) is 19.2 Å². The number of Topliss-reactive ketones (excluding diaryl/α,β-unsaturated/α-hetero) is 1. The van der Waals surface area contributed by atoms with Crippen LogP contribution in [-0.4, -0.2) is 26.5 Å². The average molecular weight is 235 g/mol. The van der Waals surface area contributed by atoms with Crippen molar-refractivity contribution in [3.8, 4) is 5.75 Å². The molecule has 0 fully saturated rings. The van der Waals surface area contributed by atoms with Gasteiger partial charge < -0.3 is 9.64 Å². The zero-order chi connectivity index (χ0) is 12.8. The van der Waals surface area contributed by atoms with Crippen LogP contribution in [0, 0.1) is 0 Å². The van der Waals surface area contributed by atoms with E-state index in [2.05, 4.69) is 17.9 Å². The zero-order valence-corrected chi connectivity index (χ0v) is 11.1. The molecule has 0 atom stereocenters. The number of hydrogen-bond acceptors (Lipinski definition) is 3. The number of carbonyl (C=O) groups is 1. The third-order valence-corrected chi connectivity index (χ3v) is 2.88. The maximum Gasteiger partial charge on any atom is 0.131 e. The summed E-state index contributed by atoms with van der Waals surface area (Å²) in [5.74, 6) is 1.15. The van der Waals surface area contributed by atoms with Crippen molar-refractivity contribution < 1.29 is 9.53 Å². The van der Waals surface area contributed by atoms with Crippen LogP contribution >= 0.6 is 0 Å². The lowest BCUT2D eigenvalue weighted by Crippen LogP contribution is -2.20. The largest absolute Gasteiger partial charge is 0.496 e. The van der Waals surface area contributed by atoms with Crippen molar-refractivity contribution in [3.05, 3.63) is 23.8 Å². The molecule has 1 aromatic rings. The van der Waals surface area contributed by atoms with E-state index in [0.717, 1.165) is 24.4 Å². The number of ether oxygens (including phenoxy) is 1. The second-order valence-electron chi connectivity index (χ2n) is 4.22. The van der Waals surface area contributed by atoms with E-state index < -0.39 is 0 Å². The maximum absolute atomic E-state index is 11.0. The van der Waals surface area contributed by atoms with Crippen LogP contribution < -0.4 is 9.64 Å². The second kappa shape index (κ2) is 6.28. The molecule has 0 saturated heterocycles. The highest BCUT2D eigenvalue weighted by molar-refractivity contribution is 5.76. The van der Waals surface area contributed by atoms with Crippen LogP contribution in [-0.2, 0) is 11.2 Å². The molecule has 0 unspecified atom stereocenters. The molecule has 1 rings (SSSR count). The number of nitrogens with zero attached hydrogens (tertiary/aromatic N) is 1. The molecule has 0 N–H and O–H groups in total. The normalized spacial score (nSPS) is 10.1. The van der Waals surface area contributed by atoms with Crippen molar-refractivity contribution in [1.82, 2.24) is 0 Å². The summed E-state index contributed by atoms with van der Waals surface area (Å²) in [6.45, 7) is 4.49. The molecule has 17 heavy (non-hydrogen) atoms. The van der Waals surface area contributed by atoms with Crippen molar-refractivity contribution in [2.75, 3.05) is 25.6 Å². The number of benzene rings is 1. The molecule has 94 valence electrons. The molecule has 0 aliphatic heterocycles. The highest BCUT2D eigenvalue weighted by Gasteiger charge is 2.06. The Kier molecular flexibility index (Phi) is 5.01. The second-order valence-corrected chi connectivity index (χ2v) is 4.22. The first kappa shape index (κ1) is 13.6. The summed E-state index contributed by atoms with van der Waals surface area (Å²) in [5, 5.41) is 0. The van der Waals surface area contributed by atoms with E-state index in [1.54, 1.807) is 14.0 Å². The SMILES string of the molecule is CCc1cc(N(C)CCC(C)=O)ccc1OC. The number of aryl methyl sites for hydroxylation is 1. The van der Waals surface area contributed by atoms with Crippen LogP contribution in [0.4, 0.5) is 5.69 Å². The van der Waals surface area contributed by atoms with Crippen molar-refractivity contribution in [2.24, 2.45) is 0 Å².